The molecule has 0 saturated carbocycles. The molecule has 1 aliphatic rings. The Kier molecular flexibility index (Phi) is 8.16. The summed E-state index contributed by atoms with van der Waals surface area (Å²) in [4.78, 5) is 29.9. The number of aliphatic imine (C=N–C) groups is 2. The Morgan fingerprint density at radius 3 is 2.72 bits per heavy atom. The van der Waals surface area contributed by atoms with E-state index in [0.29, 0.717) is 23.9 Å². The molecule has 2 N–H and O–H groups in total. The van der Waals surface area contributed by atoms with Crippen molar-refractivity contribution in [2.45, 2.75) is 39.5 Å². The van der Waals surface area contributed by atoms with Gasteiger partial charge in [0, 0.05) is 31.3 Å². The second-order valence-corrected chi connectivity index (χ2v) is 8.01. The molecule has 0 aliphatic carbocycles. The molecule has 2 heterocycles. The fourth-order valence-electron chi connectivity index (χ4n) is 3.53. The number of anilines is 1. The summed E-state index contributed by atoms with van der Waals surface area (Å²) in [5.74, 6) is 0.571. The second-order valence-electron chi connectivity index (χ2n) is 7.65. The monoisotopic (exact) mass is 458 g/mol. The highest BCUT2D eigenvalue weighted by Gasteiger charge is 2.18. The molecule has 1 aliphatic heterocycles. The molecule has 0 bridgehead atoms. The Morgan fingerprint density at radius 1 is 1.28 bits per heavy atom. The summed E-state index contributed by atoms with van der Waals surface area (Å²) < 4.78 is 13.1. The van der Waals surface area contributed by atoms with Gasteiger partial charge in [-0.15, -0.1) is 0 Å². The van der Waals surface area contributed by atoms with Gasteiger partial charge in [-0.3, -0.25) is 9.79 Å². The van der Waals surface area contributed by atoms with Crippen molar-refractivity contribution in [3.63, 3.8) is 0 Å². The number of aromatic amines is 1. The minimum atomic E-state index is -0.267. The SMILES string of the molecule is C=C(c1[nH]c(Cl)nc1NC(C)=O)N(CCC)CCCCC1=NC(c2ccc(F)cc2)=NC1. The summed E-state index contributed by atoms with van der Waals surface area (Å²) in [5, 5.41) is 2.90. The van der Waals surface area contributed by atoms with Crippen LogP contribution in [0.2, 0.25) is 5.28 Å². The number of carbonyl (C=O) groups is 1. The van der Waals surface area contributed by atoms with Crippen LogP contribution in [0.3, 0.4) is 0 Å². The molecular weight excluding hydrogens is 431 g/mol. The van der Waals surface area contributed by atoms with Crippen molar-refractivity contribution >= 4 is 40.6 Å². The standard InChI is InChI=1S/C23H28ClFN6O/c1-4-12-31(15(2)20-22(27-16(3)32)30-23(24)29-20)13-6-5-7-19-14-26-21(28-19)17-8-10-18(25)11-9-17/h8-11H,2,4-7,12-14H2,1,3H3,(H,27,32)(H,29,30). The van der Waals surface area contributed by atoms with Gasteiger partial charge in [0.25, 0.3) is 0 Å². The van der Waals surface area contributed by atoms with Gasteiger partial charge in [0.15, 0.2) is 11.7 Å². The van der Waals surface area contributed by atoms with Crippen molar-refractivity contribution in [2.75, 3.05) is 25.0 Å². The van der Waals surface area contributed by atoms with Crippen LogP contribution >= 0.6 is 11.6 Å². The summed E-state index contributed by atoms with van der Waals surface area (Å²) in [5.41, 5.74) is 3.24. The summed E-state index contributed by atoms with van der Waals surface area (Å²) in [6.07, 6.45) is 3.72. The maximum absolute atomic E-state index is 13.1. The highest BCUT2D eigenvalue weighted by Crippen LogP contribution is 2.26. The first-order valence-electron chi connectivity index (χ1n) is 10.7. The van der Waals surface area contributed by atoms with Crippen LogP contribution in [0.4, 0.5) is 10.2 Å². The lowest BCUT2D eigenvalue weighted by Gasteiger charge is -2.26. The van der Waals surface area contributed by atoms with Gasteiger partial charge in [0.05, 0.1) is 12.2 Å². The number of nitrogens with one attached hydrogen (secondary N) is 2. The number of hydrogen-bond donors (Lipinski definition) is 2. The van der Waals surface area contributed by atoms with E-state index in [4.69, 9.17) is 11.6 Å². The third kappa shape index (κ3) is 6.26. The first-order chi connectivity index (χ1) is 15.4. The van der Waals surface area contributed by atoms with Crippen molar-refractivity contribution in [1.29, 1.82) is 0 Å². The number of halogens is 2. The lowest BCUT2D eigenvalue weighted by atomic mass is 10.1. The number of aromatic nitrogens is 2. The fourth-order valence-corrected chi connectivity index (χ4v) is 3.71. The predicted octanol–water partition coefficient (Wildman–Crippen LogP) is 4.92. The lowest BCUT2D eigenvalue weighted by Crippen LogP contribution is -2.25. The fraction of sp³-hybridized carbons (Fsp3) is 0.391. The maximum Gasteiger partial charge on any atom is 0.222 e. The Labute approximate surface area is 192 Å². The average Bonchev–Trinajstić information content (AvgIpc) is 3.36. The normalized spacial score (nSPS) is 13.0. The van der Waals surface area contributed by atoms with E-state index in [1.165, 1.54) is 19.1 Å². The molecule has 0 fully saturated rings. The molecular formula is C23H28ClFN6O. The summed E-state index contributed by atoms with van der Waals surface area (Å²) in [6.45, 7) is 9.96. The molecule has 0 spiro atoms. The largest absolute Gasteiger partial charge is 0.370 e. The number of nitrogens with zero attached hydrogens (tertiary/aromatic N) is 4. The van der Waals surface area contributed by atoms with Crippen LogP contribution in [0.15, 0.2) is 40.8 Å². The van der Waals surface area contributed by atoms with E-state index in [9.17, 15) is 9.18 Å². The first kappa shape index (κ1) is 23.7. The molecule has 1 aromatic heterocycles. The van der Waals surface area contributed by atoms with E-state index in [-0.39, 0.29) is 17.0 Å². The van der Waals surface area contributed by atoms with Gasteiger partial charge in [-0.1, -0.05) is 13.5 Å². The van der Waals surface area contributed by atoms with Crippen LogP contribution in [0.1, 0.15) is 50.8 Å². The third-order valence-corrected chi connectivity index (χ3v) is 5.23. The molecule has 2 aromatic rings. The maximum atomic E-state index is 13.1. The van der Waals surface area contributed by atoms with Gasteiger partial charge in [-0.2, -0.15) is 4.98 Å². The molecule has 0 atom stereocenters. The Morgan fingerprint density at radius 2 is 2.03 bits per heavy atom. The summed E-state index contributed by atoms with van der Waals surface area (Å²) in [7, 11) is 0. The Hall–Kier alpha value is -3.00. The Balaban J connectivity index is 1.53. The molecule has 9 heteroatoms. The minimum absolute atomic E-state index is 0.206. The van der Waals surface area contributed by atoms with Crippen LogP contribution < -0.4 is 5.32 Å². The van der Waals surface area contributed by atoms with Crippen LogP contribution in [-0.4, -0.2) is 52.0 Å². The molecule has 0 unspecified atom stereocenters. The van der Waals surface area contributed by atoms with Crippen LogP contribution in [-0.2, 0) is 4.79 Å². The quantitative estimate of drug-likeness (QED) is 0.469. The predicted molar refractivity (Wildman–Crippen MR) is 128 cm³/mol. The highest BCUT2D eigenvalue weighted by atomic mass is 35.5. The van der Waals surface area contributed by atoms with Crippen molar-refractivity contribution in [3.8, 4) is 0 Å². The lowest BCUT2D eigenvalue weighted by molar-refractivity contribution is -0.114. The van der Waals surface area contributed by atoms with Gasteiger partial charge in [-0.25, -0.2) is 9.38 Å². The van der Waals surface area contributed by atoms with Gasteiger partial charge < -0.3 is 15.2 Å². The highest BCUT2D eigenvalue weighted by molar-refractivity contribution is 6.28. The van der Waals surface area contributed by atoms with E-state index in [0.717, 1.165) is 55.7 Å². The van der Waals surface area contributed by atoms with E-state index < -0.39 is 0 Å². The average molecular weight is 459 g/mol. The first-order valence-corrected chi connectivity index (χ1v) is 11.1. The Bertz CT molecular complexity index is 1030. The third-order valence-electron chi connectivity index (χ3n) is 5.05. The van der Waals surface area contributed by atoms with Crippen LogP contribution in [0, 0.1) is 5.82 Å². The zero-order valence-corrected chi connectivity index (χ0v) is 19.2. The number of amidine groups is 1. The topological polar surface area (TPSA) is 85.7 Å². The summed E-state index contributed by atoms with van der Waals surface area (Å²) >= 11 is 6.02. The molecule has 7 nitrogen and oxygen atoms in total. The minimum Gasteiger partial charge on any atom is -0.370 e. The van der Waals surface area contributed by atoms with E-state index in [1.807, 2.05) is 0 Å². The summed E-state index contributed by atoms with van der Waals surface area (Å²) in [6, 6.07) is 6.24. The smallest absolute Gasteiger partial charge is 0.222 e. The molecule has 32 heavy (non-hydrogen) atoms. The van der Waals surface area contributed by atoms with Gasteiger partial charge in [0.1, 0.15) is 11.5 Å². The molecule has 0 saturated heterocycles. The number of hydrogen-bond acceptors (Lipinski definition) is 5. The molecule has 0 radical (unpaired) electrons. The van der Waals surface area contributed by atoms with Crippen molar-refractivity contribution in [2.24, 2.45) is 9.98 Å². The number of imidazole rings is 1. The number of unbranched alkanes of at least 4 members (excludes halogenated alkanes) is 1. The van der Waals surface area contributed by atoms with Crippen LogP contribution in [0.25, 0.3) is 5.70 Å². The zero-order chi connectivity index (χ0) is 23.1. The van der Waals surface area contributed by atoms with E-state index >= 15 is 0 Å². The number of amides is 1. The second kappa shape index (κ2) is 11.0. The van der Waals surface area contributed by atoms with Gasteiger partial charge in [0.2, 0.25) is 11.2 Å². The molecule has 1 amide bonds. The molecule has 3 rings (SSSR count). The van der Waals surface area contributed by atoms with Crippen molar-refractivity contribution in [3.05, 3.63) is 53.2 Å². The van der Waals surface area contributed by atoms with Gasteiger partial charge >= 0.3 is 0 Å². The van der Waals surface area contributed by atoms with E-state index in [1.54, 1.807) is 12.1 Å². The number of H-pyrrole nitrogens is 1. The molecule has 1 aromatic carbocycles. The van der Waals surface area contributed by atoms with E-state index in [2.05, 4.69) is 43.7 Å². The van der Waals surface area contributed by atoms with Crippen LogP contribution in [0.5, 0.6) is 0 Å². The molecule has 170 valence electrons. The van der Waals surface area contributed by atoms with Crippen molar-refractivity contribution < 1.29 is 9.18 Å². The number of carbonyl (C=O) groups excluding carboxylic acids is 1. The number of benzene rings is 1. The van der Waals surface area contributed by atoms with Crippen molar-refractivity contribution in [1.82, 2.24) is 14.9 Å². The zero-order valence-electron chi connectivity index (χ0n) is 18.4. The number of rotatable bonds is 11. The van der Waals surface area contributed by atoms with Gasteiger partial charge in [-0.05, 0) is 61.5 Å².